The fourth-order valence-electron chi connectivity index (χ4n) is 1.58. The lowest BCUT2D eigenvalue weighted by atomic mass is 10.1. The van der Waals surface area contributed by atoms with Crippen molar-refractivity contribution in [2.24, 2.45) is 0 Å². The Morgan fingerprint density at radius 2 is 1.50 bits per heavy atom. The second kappa shape index (κ2) is 8.53. The summed E-state index contributed by atoms with van der Waals surface area (Å²) in [7, 11) is 0. The van der Waals surface area contributed by atoms with Gasteiger partial charge in [-0.2, -0.15) is 0 Å². The third-order valence-electron chi connectivity index (χ3n) is 2.65. The van der Waals surface area contributed by atoms with Crippen LogP contribution in [0.2, 0.25) is 0 Å². The highest BCUT2D eigenvalue weighted by atomic mass is 19.1. The second-order valence-corrected chi connectivity index (χ2v) is 4.31. The molecule has 0 radical (unpaired) electrons. The number of aliphatic hydroxyl groups excluding tert-OH is 1. The van der Waals surface area contributed by atoms with Gasteiger partial charge in [-0.25, -0.2) is 9.18 Å². The van der Waals surface area contributed by atoms with Gasteiger partial charge < -0.3 is 15.3 Å². The summed E-state index contributed by atoms with van der Waals surface area (Å²) < 4.78 is 12.7. The van der Waals surface area contributed by atoms with Crippen LogP contribution in [-0.4, -0.2) is 27.3 Å². The van der Waals surface area contributed by atoms with Gasteiger partial charge in [0.05, 0.1) is 6.42 Å². The molecule has 0 spiro atoms. The maximum Gasteiger partial charge on any atom is 0.337 e. The number of halogens is 1. The van der Waals surface area contributed by atoms with Crippen LogP contribution in [0.1, 0.15) is 17.2 Å². The largest absolute Gasteiger partial charge is 0.481 e. The third kappa shape index (κ3) is 5.72. The van der Waals surface area contributed by atoms with Crippen molar-refractivity contribution < 1.29 is 29.3 Å². The van der Waals surface area contributed by atoms with Crippen molar-refractivity contribution in [3.05, 3.63) is 71.5 Å². The van der Waals surface area contributed by atoms with E-state index in [2.05, 4.69) is 0 Å². The van der Waals surface area contributed by atoms with Crippen molar-refractivity contribution in [3.8, 4) is 0 Å². The Morgan fingerprint density at radius 3 is 2.00 bits per heavy atom. The number of carboxylic acids is 2. The summed E-state index contributed by atoms with van der Waals surface area (Å²) in [5, 5.41) is 25.7. The van der Waals surface area contributed by atoms with Crippen molar-refractivity contribution in [2.75, 3.05) is 0 Å². The van der Waals surface area contributed by atoms with Gasteiger partial charge in [-0.3, -0.25) is 4.79 Å². The highest BCUT2D eigenvalue weighted by Gasteiger charge is 2.14. The summed E-state index contributed by atoms with van der Waals surface area (Å²) in [6.45, 7) is 0. The summed E-state index contributed by atoms with van der Waals surface area (Å²) in [4.78, 5) is 20.4. The number of carboxylic acid groups (broad SMARTS) is 2. The number of carbonyl (C=O) groups is 2. The van der Waals surface area contributed by atoms with Gasteiger partial charge in [-0.05, 0) is 17.2 Å². The number of aliphatic carboxylic acids is 2. The van der Waals surface area contributed by atoms with E-state index in [1.54, 1.807) is 36.4 Å². The molecule has 2 aromatic rings. The first kappa shape index (κ1) is 17.3. The zero-order valence-electron chi connectivity index (χ0n) is 11.5. The molecule has 1 atom stereocenters. The zero-order chi connectivity index (χ0) is 16.5. The topological polar surface area (TPSA) is 94.8 Å². The fraction of sp³-hybridized carbons (Fsp3) is 0.125. The Hall–Kier alpha value is -2.73. The van der Waals surface area contributed by atoms with Gasteiger partial charge in [0.2, 0.25) is 0 Å². The average Bonchev–Trinajstić information content (AvgIpc) is 2.50. The van der Waals surface area contributed by atoms with Crippen molar-refractivity contribution in [1.29, 1.82) is 0 Å². The Balaban J connectivity index is 0.000000220. The van der Waals surface area contributed by atoms with E-state index in [9.17, 15) is 14.0 Å². The number of hydrogen-bond acceptors (Lipinski definition) is 3. The molecule has 3 N–H and O–H groups in total. The van der Waals surface area contributed by atoms with Crippen molar-refractivity contribution in [1.82, 2.24) is 0 Å². The molecule has 6 heteroatoms. The molecule has 0 fully saturated rings. The molecule has 0 heterocycles. The molecule has 116 valence electrons. The molecule has 2 aromatic carbocycles. The minimum absolute atomic E-state index is 0.222. The van der Waals surface area contributed by atoms with Gasteiger partial charge in [0.15, 0.2) is 6.10 Å². The van der Waals surface area contributed by atoms with Gasteiger partial charge in [-0.15, -0.1) is 0 Å². The molecule has 0 aromatic heterocycles. The second-order valence-electron chi connectivity index (χ2n) is 4.31. The van der Waals surface area contributed by atoms with Crippen LogP contribution in [0.5, 0.6) is 0 Å². The quantitative estimate of drug-likeness (QED) is 0.805. The zero-order valence-corrected chi connectivity index (χ0v) is 11.5. The lowest BCUT2D eigenvalue weighted by Gasteiger charge is -2.03. The van der Waals surface area contributed by atoms with E-state index in [-0.39, 0.29) is 12.0 Å². The van der Waals surface area contributed by atoms with Crippen molar-refractivity contribution in [3.63, 3.8) is 0 Å². The van der Waals surface area contributed by atoms with Gasteiger partial charge in [0, 0.05) is 0 Å². The Labute approximate surface area is 126 Å². The molecular formula is C16H15FO5. The summed E-state index contributed by atoms with van der Waals surface area (Å²) in [5.74, 6) is -2.71. The minimum Gasteiger partial charge on any atom is -0.481 e. The first-order valence-corrected chi connectivity index (χ1v) is 6.33. The molecule has 0 saturated heterocycles. The van der Waals surface area contributed by atoms with Gasteiger partial charge in [0.25, 0.3) is 0 Å². The van der Waals surface area contributed by atoms with E-state index in [1.165, 1.54) is 18.2 Å². The SMILES string of the molecule is O=C(O)Cc1ccccc1F.O=C(O)[C@@H](O)c1ccccc1. The van der Waals surface area contributed by atoms with Crippen LogP contribution in [-0.2, 0) is 16.0 Å². The molecule has 0 saturated carbocycles. The van der Waals surface area contributed by atoms with E-state index in [0.29, 0.717) is 5.56 Å². The normalized spacial score (nSPS) is 11.0. The van der Waals surface area contributed by atoms with E-state index in [1.807, 2.05) is 0 Å². The minimum atomic E-state index is -1.41. The average molecular weight is 306 g/mol. The molecular weight excluding hydrogens is 291 g/mol. The molecule has 0 aliphatic rings. The predicted molar refractivity (Wildman–Crippen MR) is 76.8 cm³/mol. The Bertz CT molecular complexity index is 627. The highest BCUT2D eigenvalue weighted by Crippen LogP contribution is 2.11. The molecule has 2 rings (SSSR count). The van der Waals surface area contributed by atoms with Crippen LogP contribution >= 0.6 is 0 Å². The van der Waals surface area contributed by atoms with Crippen LogP contribution in [0.15, 0.2) is 54.6 Å². The number of hydrogen-bond donors (Lipinski definition) is 3. The monoisotopic (exact) mass is 306 g/mol. The van der Waals surface area contributed by atoms with Crippen LogP contribution in [0, 0.1) is 5.82 Å². The Kier molecular flexibility index (Phi) is 6.72. The first-order chi connectivity index (χ1) is 10.4. The first-order valence-electron chi connectivity index (χ1n) is 6.33. The molecule has 0 aliphatic carbocycles. The van der Waals surface area contributed by atoms with Crippen LogP contribution in [0.25, 0.3) is 0 Å². The van der Waals surface area contributed by atoms with Crippen LogP contribution in [0.3, 0.4) is 0 Å². The van der Waals surface area contributed by atoms with Crippen LogP contribution < -0.4 is 0 Å². The van der Waals surface area contributed by atoms with Gasteiger partial charge in [0.1, 0.15) is 5.82 Å². The lowest BCUT2D eigenvalue weighted by Crippen LogP contribution is -2.09. The number of rotatable bonds is 4. The van der Waals surface area contributed by atoms with E-state index < -0.39 is 23.9 Å². The number of aliphatic hydroxyl groups is 1. The standard InChI is InChI=1S/C8H7FO2.C8H8O3/c9-7-4-2-1-3-6(7)5-8(10)11;9-7(8(10)11)6-4-2-1-3-5-6/h1-4H,5H2,(H,10,11);1-5,7,9H,(H,10,11)/t;7-/m.0/s1. The predicted octanol–water partition coefficient (Wildman–Crippen LogP) is 2.26. The maximum atomic E-state index is 12.7. The molecule has 22 heavy (non-hydrogen) atoms. The summed E-state index contributed by atoms with van der Waals surface area (Å²) in [6, 6.07) is 14.1. The van der Waals surface area contributed by atoms with Crippen molar-refractivity contribution in [2.45, 2.75) is 12.5 Å². The molecule has 0 unspecified atom stereocenters. The fourth-order valence-corrected chi connectivity index (χ4v) is 1.58. The maximum absolute atomic E-state index is 12.7. The van der Waals surface area contributed by atoms with E-state index >= 15 is 0 Å². The van der Waals surface area contributed by atoms with E-state index in [4.69, 9.17) is 15.3 Å². The smallest absolute Gasteiger partial charge is 0.337 e. The molecule has 0 aliphatic heterocycles. The van der Waals surface area contributed by atoms with Gasteiger partial charge in [-0.1, -0.05) is 48.5 Å². The summed E-state index contributed by atoms with van der Waals surface area (Å²) in [5.41, 5.74) is 0.625. The molecule has 5 nitrogen and oxygen atoms in total. The van der Waals surface area contributed by atoms with E-state index in [0.717, 1.165) is 0 Å². The Morgan fingerprint density at radius 1 is 0.955 bits per heavy atom. The third-order valence-corrected chi connectivity index (χ3v) is 2.65. The van der Waals surface area contributed by atoms with Gasteiger partial charge >= 0.3 is 11.9 Å². The summed E-state index contributed by atoms with van der Waals surface area (Å²) >= 11 is 0. The highest BCUT2D eigenvalue weighted by molar-refractivity contribution is 5.73. The molecule has 0 bridgehead atoms. The van der Waals surface area contributed by atoms with Crippen molar-refractivity contribution >= 4 is 11.9 Å². The summed E-state index contributed by atoms with van der Waals surface area (Å²) in [6.07, 6.45) is -1.66. The lowest BCUT2D eigenvalue weighted by molar-refractivity contribution is -0.147. The molecule has 0 amide bonds. The number of benzene rings is 2. The van der Waals surface area contributed by atoms with Crippen LogP contribution in [0.4, 0.5) is 4.39 Å².